The molecular weight excluding hydrogens is 573 g/mol. The van der Waals surface area contributed by atoms with Gasteiger partial charge in [-0.1, -0.05) is 60.5 Å². The average molecular weight is 607 g/mol. The first kappa shape index (κ1) is 31.3. The third-order valence-electron chi connectivity index (χ3n) is 6.16. The summed E-state index contributed by atoms with van der Waals surface area (Å²) >= 11 is 12.9. The van der Waals surface area contributed by atoms with Gasteiger partial charge in [-0.2, -0.15) is 0 Å². The third-order valence-corrected chi connectivity index (χ3v) is 8.65. The lowest BCUT2D eigenvalue weighted by Crippen LogP contribution is -2.53. The van der Waals surface area contributed by atoms with E-state index in [9.17, 15) is 18.0 Å². The molecule has 0 saturated carbocycles. The van der Waals surface area contributed by atoms with Crippen molar-refractivity contribution in [2.45, 2.75) is 50.7 Å². The lowest BCUT2D eigenvalue weighted by atomic mass is 10.1. The van der Waals surface area contributed by atoms with E-state index in [1.54, 1.807) is 61.5 Å². The Morgan fingerprint density at radius 2 is 1.57 bits per heavy atom. The number of hydrogen-bond acceptors (Lipinski definition) is 5. The van der Waals surface area contributed by atoms with Crippen molar-refractivity contribution >= 4 is 50.7 Å². The number of nitrogens with one attached hydrogen (secondary N) is 1. The predicted octanol–water partition coefficient (Wildman–Crippen LogP) is 5.53. The van der Waals surface area contributed by atoms with Gasteiger partial charge in [0.25, 0.3) is 10.0 Å². The van der Waals surface area contributed by atoms with Gasteiger partial charge in [0, 0.05) is 34.3 Å². The summed E-state index contributed by atoms with van der Waals surface area (Å²) in [5, 5.41) is 3.50. The molecule has 0 aliphatic rings. The smallest absolute Gasteiger partial charge is 0.264 e. The maximum atomic E-state index is 14.1. The second-order valence-electron chi connectivity index (χ2n) is 9.34. The van der Waals surface area contributed by atoms with Gasteiger partial charge in [-0.05, 0) is 56.7 Å². The number of anilines is 1. The van der Waals surface area contributed by atoms with E-state index >= 15 is 0 Å². The van der Waals surface area contributed by atoms with Gasteiger partial charge in [0.15, 0.2) is 0 Å². The van der Waals surface area contributed by atoms with Gasteiger partial charge < -0.3 is 15.0 Å². The van der Waals surface area contributed by atoms with E-state index in [1.807, 2.05) is 13.8 Å². The van der Waals surface area contributed by atoms with Crippen molar-refractivity contribution < 1.29 is 22.7 Å². The molecule has 0 aliphatic heterocycles. The molecule has 0 radical (unpaired) electrons. The highest BCUT2D eigenvalue weighted by Crippen LogP contribution is 2.30. The molecule has 0 heterocycles. The lowest BCUT2D eigenvalue weighted by molar-refractivity contribution is -0.140. The molecule has 0 aromatic heterocycles. The number of carbonyl (C=O) groups is 2. The van der Waals surface area contributed by atoms with Gasteiger partial charge in [-0.3, -0.25) is 13.9 Å². The van der Waals surface area contributed by atoms with Crippen LogP contribution in [0.1, 0.15) is 32.8 Å². The van der Waals surface area contributed by atoms with Gasteiger partial charge >= 0.3 is 0 Å². The number of rotatable bonds is 12. The molecule has 11 heteroatoms. The second kappa shape index (κ2) is 13.9. The summed E-state index contributed by atoms with van der Waals surface area (Å²) < 4.78 is 34.1. The number of benzene rings is 3. The summed E-state index contributed by atoms with van der Waals surface area (Å²) in [5.74, 6) is -0.558. The SMILES string of the molecule is CCC(C(=O)NC(C)C)N(Cc1c(Cl)cccc1Cl)C(=O)CN(c1cccc(OC)c1)S(=O)(=O)c1ccccc1. The standard InChI is InChI=1S/C29H33Cl2N3O5S/c1-5-27(29(36)32-20(2)3)33(18-24-25(30)15-10-16-26(24)31)28(35)19-34(21-11-9-12-22(17-21)39-4)40(37,38)23-13-7-6-8-14-23/h6-17,20,27H,5,18-19H2,1-4H3,(H,32,36). The van der Waals surface area contributed by atoms with Crippen molar-refractivity contribution in [1.29, 1.82) is 0 Å². The molecule has 0 spiro atoms. The fraction of sp³-hybridized carbons (Fsp3) is 0.310. The molecule has 1 atom stereocenters. The van der Waals surface area contributed by atoms with E-state index in [0.29, 0.717) is 21.4 Å². The first-order valence-electron chi connectivity index (χ1n) is 12.7. The Balaban J connectivity index is 2.11. The minimum Gasteiger partial charge on any atom is -0.497 e. The zero-order valence-electron chi connectivity index (χ0n) is 22.8. The predicted molar refractivity (Wildman–Crippen MR) is 158 cm³/mol. The van der Waals surface area contributed by atoms with Gasteiger partial charge in [-0.25, -0.2) is 8.42 Å². The Labute approximate surface area is 245 Å². The van der Waals surface area contributed by atoms with Crippen LogP contribution in [-0.4, -0.2) is 50.9 Å². The summed E-state index contributed by atoms with van der Waals surface area (Å²) in [5.41, 5.74) is 0.681. The average Bonchev–Trinajstić information content (AvgIpc) is 2.93. The van der Waals surface area contributed by atoms with Crippen LogP contribution in [0.2, 0.25) is 10.0 Å². The maximum absolute atomic E-state index is 14.1. The highest BCUT2D eigenvalue weighted by atomic mass is 35.5. The zero-order valence-corrected chi connectivity index (χ0v) is 25.1. The van der Waals surface area contributed by atoms with Crippen molar-refractivity contribution in [3.63, 3.8) is 0 Å². The van der Waals surface area contributed by atoms with E-state index in [2.05, 4.69) is 5.32 Å². The first-order valence-corrected chi connectivity index (χ1v) is 14.9. The second-order valence-corrected chi connectivity index (χ2v) is 12.0. The number of hydrogen-bond donors (Lipinski definition) is 1. The Hall–Kier alpha value is -3.27. The van der Waals surface area contributed by atoms with Crippen molar-refractivity contribution in [1.82, 2.24) is 10.2 Å². The number of ether oxygens (including phenoxy) is 1. The summed E-state index contributed by atoms with van der Waals surface area (Å²) in [6.07, 6.45) is 0.275. The molecule has 214 valence electrons. The number of sulfonamides is 1. The number of methoxy groups -OCH3 is 1. The summed E-state index contributed by atoms with van der Waals surface area (Å²) in [7, 11) is -2.72. The Morgan fingerprint density at radius 1 is 0.950 bits per heavy atom. The Morgan fingerprint density at radius 3 is 2.15 bits per heavy atom. The van der Waals surface area contributed by atoms with Crippen molar-refractivity contribution in [3.05, 3.63) is 88.4 Å². The minimum absolute atomic E-state index is 0.0101. The van der Waals surface area contributed by atoms with Gasteiger partial charge in [-0.15, -0.1) is 0 Å². The highest BCUT2D eigenvalue weighted by molar-refractivity contribution is 7.92. The Bertz CT molecular complexity index is 1410. The molecule has 0 bridgehead atoms. The van der Waals surface area contributed by atoms with Gasteiger partial charge in [0.1, 0.15) is 18.3 Å². The van der Waals surface area contributed by atoms with E-state index in [1.165, 1.54) is 30.2 Å². The van der Waals surface area contributed by atoms with Crippen LogP contribution in [0.3, 0.4) is 0 Å². The zero-order chi connectivity index (χ0) is 29.4. The molecule has 40 heavy (non-hydrogen) atoms. The van der Waals surface area contributed by atoms with Crippen LogP contribution in [0.5, 0.6) is 5.75 Å². The lowest BCUT2D eigenvalue weighted by Gasteiger charge is -2.34. The molecule has 1 unspecified atom stereocenters. The molecule has 3 rings (SSSR count). The molecule has 0 aliphatic carbocycles. The van der Waals surface area contributed by atoms with Crippen LogP contribution in [-0.2, 0) is 26.2 Å². The maximum Gasteiger partial charge on any atom is 0.264 e. The third kappa shape index (κ3) is 7.47. The first-order chi connectivity index (χ1) is 19.0. The highest BCUT2D eigenvalue weighted by Gasteiger charge is 2.34. The number of amides is 2. The van der Waals surface area contributed by atoms with Crippen LogP contribution in [0.25, 0.3) is 0 Å². The Kier molecular flexibility index (Phi) is 10.8. The molecule has 1 N–H and O–H groups in total. The van der Waals surface area contributed by atoms with Crippen LogP contribution in [0, 0.1) is 0 Å². The summed E-state index contributed by atoms with van der Waals surface area (Å²) in [6.45, 7) is 4.73. The quantitative estimate of drug-likeness (QED) is 0.293. The van der Waals surface area contributed by atoms with Crippen molar-refractivity contribution in [2.24, 2.45) is 0 Å². The van der Waals surface area contributed by atoms with Gasteiger partial charge in [0.05, 0.1) is 17.7 Å². The molecular formula is C29H33Cl2N3O5S. The molecule has 3 aromatic rings. The van der Waals surface area contributed by atoms with E-state index in [-0.39, 0.29) is 35.5 Å². The van der Waals surface area contributed by atoms with Crippen molar-refractivity contribution in [2.75, 3.05) is 18.0 Å². The molecule has 2 amide bonds. The molecule has 8 nitrogen and oxygen atoms in total. The largest absolute Gasteiger partial charge is 0.497 e. The topological polar surface area (TPSA) is 96.0 Å². The fourth-order valence-electron chi connectivity index (χ4n) is 4.17. The van der Waals surface area contributed by atoms with Gasteiger partial charge in [0.2, 0.25) is 11.8 Å². The molecule has 0 fully saturated rings. The van der Waals surface area contributed by atoms with E-state index in [0.717, 1.165) is 4.31 Å². The molecule has 0 saturated heterocycles. The summed E-state index contributed by atoms with van der Waals surface area (Å²) in [6, 6.07) is 18.1. The number of carbonyl (C=O) groups excluding carboxylic acids is 2. The molecule has 3 aromatic carbocycles. The van der Waals surface area contributed by atoms with E-state index < -0.39 is 28.5 Å². The van der Waals surface area contributed by atoms with E-state index in [4.69, 9.17) is 27.9 Å². The monoisotopic (exact) mass is 605 g/mol. The van der Waals surface area contributed by atoms with Crippen LogP contribution < -0.4 is 14.4 Å². The van der Waals surface area contributed by atoms with Crippen LogP contribution >= 0.6 is 23.2 Å². The van der Waals surface area contributed by atoms with Crippen molar-refractivity contribution in [3.8, 4) is 5.75 Å². The summed E-state index contributed by atoms with van der Waals surface area (Å²) in [4.78, 5) is 28.7. The van der Waals surface area contributed by atoms with Crippen LogP contribution in [0.15, 0.2) is 77.7 Å². The number of halogens is 2. The minimum atomic E-state index is -4.19. The normalized spacial score (nSPS) is 12.1. The number of nitrogens with zero attached hydrogens (tertiary/aromatic N) is 2. The van der Waals surface area contributed by atoms with Crippen LogP contribution in [0.4, 0.5) is 5.69 Å². The fourth-order valence-corrected chi connectivity index (χ4v) is 6.11.